The molecule has 0 amide bonds. The van der Waals surface area contributed by atoms with Crippen LogP contribution in [0.4, 0.5) is 0 Å². The first-order valence-corrected chi connectivity index (χ1v) is 20.6. The Morgan fingerprint density at radius 2 is 1.48 bits per heavy atom. The summed E-state index contributed by atoms with van der Waals surface area (Å²) in [4.78, 5) is 63.8. The number of unbranched alkanes of at least 4 members (excludes halogenated alkanes) is 2. The zero-order chi connectivity index (χ0) is 39.3. The molecule has 0 aliphatic carbocycles. The molecule has 2 rings (SSSR count). The van der Waals surface area contributed by atoms with Crippen molar-refractivity contribution in [3.05, 3.63) is 53.1 Å². The zero-order valence-electron chi connectivity index (χ0n) is 30.3. The monoisotopic (exact) mass is 779 g/mol. The Labute approximate surface area is 305 Å². The summed E-state index contributed by atoms with van der Waals surface area (Å²) in [6.07, 6.45) is 0.919. The van der Waals surface area contributed by atoms with Gasteiger partial charge < -0.3 is 68.3 Å². The van der Waals surface area contributed by atoms with E-state index < -0.39 is 46.5 Å². The van der Waals surface area contributed by atoms with Crippen molar-refractivity contribution in [3.8, 4) is 17.2 Å². The van der Waals surface area contributed by atoms with E-state index in [0.717, 1.165) is 0 Å². The summed E-state index contributed by atoms with van der Waals surface area (Å²) >= 11 is 0. The van der Waals surface area contributed by atoms with Crippen molar-refractivity contribution in [2.75, 3.05) is 52.7 Å². The molecule has 52 heavy (non-hydrogen) atoms. The average Bonchev–Trinajstić information content (AvgIpc) is 3.07. The van der Waals surface area contributed by atoms with Crippen LogP contribution in [-0.2, 0) is 41.3 Å². The second-order valence-corrected chi connectivity index (χ2v) is 15.7. The van der Waals surface area contributed by atoms with Crippen LogP contribution in [0.25, 0.3) is 0 Å². The Balaban J connectivity index is 0.00000664. The maximum absolute atomic E-state index is 12.6. The van der Waals surface area contributed by atoms with Gasteiger partial charge in [-0.15, -0.1) is 0 Å². The number of quaternary nitrogens is 2. The molecule has 0 aliphatic rings. The van der Waals surface area contributed by atoms with Crippen LogP contribution in [-0.4, -0.2) is 107 Å². The summed E-state index contributed by atoms with van der Waals surface area (Å²) in [5, 5.41) is 31.8. The molecule has 0 aliphatic heterocycles. The standard InChI is InChI=1S/C33H54N2O13P2.CH2O/c1-4-48-33-27(11-9-15-32(33)39)21-35(24-50(43,44)45)30(22-36)29(13-7-5-6-12-28(37)16-17-47-19-18-46-3)34(23-49(40,41)42)20-26-10-8-14-31(38)25(26)2;1-2/h8-11,14-15,29-30,36,38-39H,4-7,12-13,16-24H2,1-3H3,(H2,40,41,42)(H2,43,44,45);1H2/p+1. The second kappa shape index (κ2) is 24.6. The average molecular weight is 780 g/mol. The highest BCUT2D eigenvalue weighted by Crippen LogP contribution is 2.32. The summed E-state index contributed by atoms with van der Waals surface area (Å²) < 4.78 is 40.9. The Morgan fingerprint density at radius 3 is 2.08 bits per heavy atom. The minimum absolute atomic E-state index is 0.00536. The molecule has 0 saturated heterocycles. The fourth-order valence-electron chi connectivity index (χ4n) is 6.15. The number of nitrogens with one attached hydrogen (secondary N) is 2. The summed E-state index contributed by atoms with van der Waals surface area (Å²) in [6.45, 7) is 5.96. The van der Waals surface area contributed by atoms with Crippen LogP contribution in [0.3, 0.4) is 0 Å². The number of rotatable bonds is 26. The first-order chi connectivity index (χ1) is 24.6. The number of carbonyl (C=O) groups is 2. The molecule has 2 aromatic rings. The summed E-state index contributed by atoms with van der Waals surface area (Å²) in [6, 6.07) is 7.63. The number of methoxy groups -OCH3 is 1. The number of ether oxygens (including phenoxy) is 3. The lowest BCUT2D eigenvalue weighted by molar-refractivity contribution is -0.999. The summed E-state index contributed by atoms with van der Waals surface area (Å²) in [5.41, 5.74) is 1.50. The Kier molecular flexibility index (Phi) is 22.3. The fraction of sp³-hybridized carbons (Fsp3) is 0.588. The molecular formula is C34H57N2O14P2+. The third kappa shape index (κ3) is 17.9. The number of phenols is 2. The van der Waals surface area contributed by atoms with Crippen molar-refractivity contribution in [1.82, 2.24) is 0 Å². The molecule has 0 aromatic heterocycles. The number of benzene rings is 2. The molecule has 18 heteroatoms. The van der Waals surface area contributed by atoms with Crippen LogP contribution in [0.5, 0.6) is 17.2 Å². The van der Waals surface area contributed by atoms with Crippen molar-refractivity contribution in [1.29, 1.82) is 0 Å². The molecule has 0 fully saturated rings. The van der Waals surface area contributed by atoms with Crippen LogP contribution < -0.4 is 19.4 Å². The number of para-hydroxylation sites is 1. The van der Waals surface area contributed by atoms with Crippen LogP contribution in [0, 0.1) is 6.92 Å². The quantitative estimate of drug-likeness (QED) is 0.0464. The Bertz CT molecular complexity index is 1440. The van der Waals surface area contributed by atoms with Gasteiger partial charge >= 0.3 is 7.60 Å². The third-order valence-corrected chi connectivity index (χ3v) is 10.2. The molecule has 0 bridgehead atoms. The normalized spacial score (nSPS) is 15.1. The molecule has 0 radical (unpaired) electrons. The van der Waals surface area contributed by atoms with Crippen molar-refractivity contribution in [2.45, 2.75) is 77.5 Å². The van der Waals surface area contributed by atoms with E-state index in [0.29, 0.717) is 60.5 Å². The van der Waals surface area contributed by atoms with Gasteiger partial charge in [-0.25, -0.2) is 0 Å². The largest absolute Gasteiger partial charge is 0.775 e. The zero-order valence-corrected chi connectivity index (χ0v) is 32.1. The Hall–Kier alpha value is -2.72. The smallest absolute Gasteiger partial charge is 0.379 e. The molecular weight excluding hydrogens is 722 g/mol. The van der Waals surface area contributed by atoms with Gasteiger partial charge in [-0.3, -0.25) is 9.36 Å². The lowest BCUT2D eigenvalue weighted by Gasteiger charge is -2.39. The number of hydrogen-bond acceptors (Lipinski definition) is 11. The Morgan fingerprint density at radius 1 is 0.865 bits per heavy atom. The lowest BCUT2D eigenvalue weighted by Crippen LogP contribution is -3.25. The van der Waals surface area contributed by atoms with Crippen LogP contribution in [0.15, 0.2) is 36.4 Å². The highest BCUT2D eigenvalue weighted by molar-refractivity contribution is 7.51. The molecule has 5 atom stereocenters. The van der Waals surface area contributed by atoms with Gasteiger partial charge in [0.2, 0.25) is 0 Å². The fourth-order valence-corrected chi connectivity index (χ4v) is 7.89. The number of aliphatic hydroxyl groups is 1. The third-order valence-electron chi connectivity index (χ3n) is 8.59. The second-order valence-electron chi connectivity index (χ2n) is 12.4. The van der Waals surface area contributed by atoms with Crippen molar-refractivity contribution >= 4 is 27.8 Å². The number of aromatic hydroxyl groups is 2. The number of Topliss-reactive ketones (excluding diaryl/α,β-unsaturated/α-hetero) is 1. The SMILES string of the molecule is C=O.CCOc1c(O)cccc1C[NH+](CP(=O)([O-])O)C(CO)C(CCCCCC(=O)CCOCCOC)[NH+](Cc1cccc(O)c1C)CP(=O)(O)O. The van der Waals surface area contributed by atoms with Crippen LogP contribution in [0.2, 0.25) is 0 Å². The molecule has 296 valence electrons. The molecule has 0 spiro atoms. The number of aliphatic hydroxyl groups excluding tert-OH is 1. The van der Waals surface area contributed by atoms with Gasteiger partial charge in [-0.1, -0.05) is 24.6 Å². The molecule has 0 heterocycles. The number of hydrogen-bond donors (Lipinski definition) is 8. The minimum Gasteiger partial charge on any atom is -0.775 e. The van der Waals surface area contributed by atoms with E-state index in [2.05, 4.69) is 0 Å². The van der Waals surface area contributed by atoms with Gasteiger partial charge in [-0.2, -0.15) is 0 Å². The van der Waals surface area contributed by atoms with Crippen molar-refractivity contribution < 1.29 is 77.6 Å². The van der Waals surface area contributed by atoms with E-state index in [-0.39, 0.29) is 67.1 Å². The molecule has 0 saturated carbocycles. The van der Waals surface area contributed by atoms with E-state index in [1.165, 1.54) is 12.1 Å². The highest BCUT2D eigenvalue weighted by atomic mass is 31.2. The van der Waals surface area contributed by atoms with Crippen molar-refractivity contribution in [2.24, 2.45) is 0 Å². The molecule has 5 unspecified atom stereocenters. The van der Waals surface area contributed by atoms with Gasteiger partial charge in [0.1, 0.15) is 50.3 Å². The van der Waals surface area contributed by atoms with Gasteiger partial charge in [0.15, 0.2) is 31.4 Å². The first-order valence-electron chi connectivity index (χ1n) is 17.1. The van der Waals surface area contributed by atoms with E-state index in [9.17, 15) is 48.8 Å². The predicted molar refractivity (Wildman–Crippen MR) is 190 cm³/mol. The topological polar surface area (TPSA) is 249 Å². The van der Waals surface area contributed by atoms with Gasteiger partial charge in [-0.05, 0) is 50.5 Å². The summed E-state index contributed by atoms with van der Waals surface area (Å²) in [7, 11) is -8.12. The van der Waals surface area contributed by atoms with E-state index in [4.69, 9.17) is 19.0 Å². The molecule has 8 N–H and O–H groups in total. The van der Waals surface area contributed by atoms with E-state index in [1.54, 1.807) is 45.2 Å². The summed E-state index contributed by atoms with van der Waals surface area (Å²) in [5.74, 6) is -0.0437. The predicted octanol–water partition coefficient (Wildman–Crippen LogP) is 0.0306. The van der Waals surface area contributed by atoms with E-state index >= 15 is 0 Å². The van der Waals surface area contributed by atoms with Gasteiger partial charge in [0.05, 0.1) is 32.0 Å². The minimum atomic E-state index is -4.98. The van der Waals surface area contributed by atoms with Gasteiger partial charge in [0, 0.05) is 31.9 Å². The van der Waals surface area contributed by atoms with Crippen molar-refractivity contribution in [3.63, 3.8) is 0 Å². The lowest BCUT2D eigenvalue weighted by atomic mass is 9.96. The maximum Gasteiger partial charge on any atom is 0.379 e. The maximum atomic E-state index is 12.6. The van der Waals surface area contributed by atoms with E-state index in [1.807, 2.05) is 6.79 Å². The number of ketones is 1. The first kappa shape index (κ1) is 47.3. The molecule has 2 aromatic carbocycles. The van der Waals surface area contributed by atoms with Crippen LogP contribution >= 0.6 is 15.2 Å². The highest BCUT2D eigenvalue weighted by Gasteiger charge is 2.42. The molecule has 16 nitrogen and oxygen atoms in total. The van der Waals surface area contributed by atoms with Gasteiger partial charge in [0.25, 0.3) is 0 Å². The van der Waals surface area contributed by atoms with Crippen LogP contribution in [0.1, 0.15) is 62.1 Å². The number of phenolic OH excluding ortho intramolecular Hbond substituents is 2. The number of carbonyl (C=O) groups excluding carboxylic acids is 2.